The van der Waals surface area contributed by atoms with Crippen molar-refractivity contribution in [1.29, 1.82) is 0 Å². The van der Waals surface area contributed by atoms with Gasteiger partial charge in [0.25, 0.3) is 0 Å². The lowest BCUT2D eigenvalue weighted by Crippen LogP contribution is -2.42. The van der Waals surface area contributed by atoms with Gasteiger partial charge in [-0.15, -0.1) is 12.4 Å². The number of aromatic nitrogens is 5. The highest BCUT2D eigenvalue weighted by atomic mass is 35.5. The van der Waals surface area contributed by atoms with Gasteiger partial charge in [0.2, 0.25) is 0 Å². The molecule has 0 saturated carbocycles. The molecule has 8 nitrogen and oxygen atoms in total. The van der Waals surface area contributed by atoms with Gasteiger partial charge in [-0.2, -0.15) is 5.10 Å². The fourth-order valence-electron chi connectivity index (χ4n) is 3.05. The third-order valence-electron chi connectivity index (χ3n) is 4.25. The number of hydrogen-bond donors (Lipinski definition) is 2. The van der Waals surface area contributed by atoms with E-state index in [0.29, 0.717) is 6.54 Å². The van der Waals surface area contributed by atoms with Crippen molar-refractivity contribution in [3.8, 4) is 11.3 Å². The summed E-state index contributed by atoms with van der Waals surface area (Å²) in [6.07, 6.45) is 5.46. The molecule has 0 aromatic carbocycles. The second-order valence-corrected chi connectivity index (χ2v) is 6.16. The Morgan fingerprint density at radius 2 is 2.19 bits per heavy atom. The predicted molar refractivity (Wildman–Crippen MR) is 103 cm³/mol. The summed E-state index contributed by atoms with van der Waals surface area (Å²) in [4.78, 5) is 13.7. The second-order valence-electron chi connectivity index (χ2n) is 6.16. The number of rotatable bonds is 4. The first-order valence-electron chi connectivity index (χ1n) is 8.39. The number of nitrogens with one attached hydrogen (secondary N) is 2. The fraction of sp³-hybridized carbons (Fsp3) is 0.412. The van der Waals surface area contributed by atoms with Gasteiger partial charge in [0.15, 0.2) is 5.82 Å². The standard InChI is InChI=1S/C17H21N7O.ClH/c1-11-13(10-24(2)23-11)14-7-15-16(20-4-3-19-15)17(22-14)21-9-12-8-18-5-6-25-12;/h3-4,7,10,12,18H,5-6,8-9H2,1-2H3,(H,21,22);1H/t12-;/m0./s1. The van der Waals surface area contributed by atoms with Gasteiger partial charge in [-0.25, -0.2) is 9.97 Å². The number of pyridine rings is 1. The number of aryl methyl sites for hydroxylation is 2. The molecule has 0 aliphatic carbocycles. The lowest BCUT2D eigenvalue weighted by Gasteiger charge is -2.24. The van der Waals surface area contributed by atoms with Crippen LogP contribution in [0.1, 0.15) is 5.69 Å². The number of halogens is 1. The predicted octanol–water partition coefficient (Wildman–Crippen LogP) is 1.56. The number of hydrogen-bond acceptors (Lipinski definition) is 7. The molecule has 0 unspecified atom stereocenters. The van der Waals surface area contributed by atoms with Crippen molar-refractivity contribution in [3.63, 3.8) is 0 Å². The summed E-state index contributed by atoms with van der Waals surface area (Å²) in [6.45, 7) is 5.11. The zero-order chi connectivity index (χ0) is 17.2. The van der Waals surface area contributed by atoms with Gasteiger partial charge in [0, 0.05) is 50.8 Å². The van der Waals surface area contributed by atoms with Crippen LogP contribution < -0.4 is 10.6 Å². The van der Waals surface area contributed by atoms with Crippen LogP contribution in [0.3, 0.4) is 0 Å². The largest absolute Gasteiger partial charge is 0.374 e. The van der Waals surface area contributed by atoms with Crippen molar-refractivity contribution in [2.24, 2.45) is 7.05 Å². The summed E-state index contributed by atoms with van der Waals surface area (Å²) < 4.78 is 7.54. The van der Waals surface area contributed by atoms with Gasteiger partial charge in [-0.1, -0.05) is 0 Å². The Morgan fingerprint density at radius 1 is 1.35 bits per heavy atom. The summed E-state index contributed by atoms with van der Waals surface area (Å²) in [7, 11) is 1.91. The van der Waals surface area contributed by atoms with E-state index >= 15 is 0 Å². The second kappa shape index (κ2) is 7.94. The highest BCUT2D eigenvalue weighted by Crippen LogP contribution is 2.27. The zero-order valence-electron chi connectivity index (χ0n) is 14.8. The van der Waals surface area contributed by atoms with Crippen LogP contribution in [-0.4, -0.2) is 57.1 Å². The maximum Gasteiger partial charge on any atom is 0.154 e. The van der Waals surface area contributed by atoms with E-state index in [9.17, 15) is 0 Å². The average molecular weight is 376 g/mol. The lowest BCUT2D eigenvalue weighted by atomic mass is 10.1. The molecule has 1 aliphatic rings. The number of anilines is 1. The summed E-state index contributed by atoms with van der Waals surface area (Å²) in [6, 6.07) is 1.95. The first kappa shape index (κ1) is 18.5. The van der Waals surface area contributed by atoms with Crippen molar-refractivity contribution in [3.05, 3.63) is 30.4 Å². The van der Waals surface area contributed by atoms with Gasteiger partial charge in [-0.05, 0) is 13.0 Å². The number of ether oxygens (including phenoxy) is 1. The fourth-order valence-corrected chi connectivity index (χ4v) is 3.05. The molecule has 9 heteroatoms. The molecule has 0 radical (unpaired) electrons. The van der Waals surface area contributed by atoms with E-state index in [1.54, 1.807) is 17.1 Å². The molecule has 0 spiro atoms. The number of fused-ring (bicyclic) bond motifs is 1. The highest BCUT2D eigenvalue weighted by Gasteiger charge is 2.16. The quantitative estimate of drug-likeness (QED) is 0.715. The molecule has 1 aliphatic heterocycles. The van der Waals surface area contributed by atoms with E-state index in [1.807, 2.05) is 26.2 Å². The SMILES string of the molecule is Cc1nn(C)cc1-c1cc2nccnc2c(NC[C@@H]2CNCCO2)n1.Cl. The summed E-state index contributed by atoms with van der Waals surface area (Å²) in [5.74, 6) is 0.720. The van der Waals surface area contributed by atoms with E-state index < -0.39 is 0 Å². The van der Waals surface area contributed by atoms with Gasteiger partial charge in [0.1, 0.15) is 5.52 Å². The van der Waals surface area contributed by atoms with Crippen molar-refractivity contribution in [2.45, 2.75) is 13.0 Å². The Bertz CT molecular complexity index is 892. The molecule has 4 heterocycles. The van der Waals surface area contributed by atoms with Crippen LogP contribution in [0.15, 0.2) is 24.7 Å². The molecule has 0 amide bonds. The van der Waals surface area contributed by atoms with E-state index in [1.165, 1.54) is 0 Å². The van der Waals surface area contributed by atoms with E-state index in [4.69, 9.17) is 9.72 Å². The van der Waals surface area contributed by atoms with Crippen molar-refractivity contribution >= 4 is 29.3 Å². The molecule has 3 aromatic rings. The number of morpholine rings is 1. The zero-order valence-corrected chi connectivity index (χ0v) is 15.6. The van der Waals surface area contributed by atoms with Crippen LogP contribution in [-0.2, 0) is 11.8 Å². The molecule has 4 rings (SSSR count). The average Bonchev–Trinajstić information content (AvgIpc) is 2.98. The number of nitrogens with zero attached hydrogens (tertiary/aromatic N) is 5. The van der Waals surface area contributed by atoms with Gasteiger partial charge in [-0.3, -0.25) is 9.67 Å². The van der Waals surface area contributed by atoms with E-state index in [0.717, 1.165) is 53.5 Å². The topological polar surface area (TPSA) is 89.8 Å². The summed E-state index contributed by atoms with van der Waals surface area (Å²) >= 11 is 0. The molecular weight excluding hydrogens is 354 g/mol. The third-order valence-corrected chi connectivity index (χ3v) is 4.25. The minimum Gasteiger partial charge on any atom is -0.374 e. The Hall–Kier alpha value is -2.29. The summed E-state index contributed by atoms with van der Waals surface area (Å²) in [5.41, 5.74) is 4.33. The third kappa shape index (κ3) is 3.77. The van der Waals surface area contributed by atoms with Crippen LogP contribution in [0.4, 0.5) is 5.82 Å². The molecule has 0 bridgehead atoms. The Labute approximate surface area is 157 Å². The van der Waals surface area contributed by atoms with E-state index in [2.05, 4.69) is 25.7 Å². The van der Waals surface area contributed by atoms with Crippen LogP contribution in [0, 0.1) is 6.92 Å². The molecule has 1 fully saturated rings. The molecule has 26 heavy (non-hydrogen) atoms. The minimum atomic E-state index is 0. The van der Waals surface area contributed by atoms with Crippen LogP contribution >= 0.6 is 12.4 Å². The van der Waals surface area contributed by atoms with Crippen molar-refractivity contribution < 1.29 is 4.74 Å². The van der Waals surface area contributed by atoms with Crippen molar-refractivity contribution in [1.82, 2.24) is 30.0 Å². The first-order valence-corrected chi connectivity index (χ1v) is 8.39. The highest BCUT2D eigenvalue weighted by molar-refractivity contribution is 5.88. The monoisotopic (exact) mass is 375 g/mol. The van der Waals surface area contributed by atoms with Gasteiger partial charge in [0.05, 0.1) is 29.6 Å². The molecule has 138 valence electrons. The van der Waals surface area contributed by atoms with Crippen LogP contribution in [0.5, 0.6) is 0 Å². The van der Waals surface area contributed by atoms with Crippen LogP contribution in [0.25, 0.3) is 22.3 Å². The molecule has 3 aromatic heterocycles. The Balaban J connectivity index is 0.00000196. The normalized spacial score (nSPS) is 17.1. The molecule has 1 saturated heterocycles. The molecular formula is C17H22ClN7O. The molecule has 1 atom stereocenters. The van der Waals surface area contributed by atoms with Gasteiger partial charge >= 0.3 is 0 Å². The maximum atomic E-state index is 5.75. The summed E-state index contributed by atoms with van der Waals surface area (Å²) in [5, 5.41) is 11.1. The van der Waals surface area contributed by atoms with Gasteiger partial charge < -0.3 is 15.4 Å². The Kier molecular flexibility index (Phi) is 5.65. The maximum absolute atomic E-state index is 5.75. The minimum absolute atomic E-state index is 0. The smallest absolute Gasteiger partial charge is 0.154 e. The van der Waals surface area contributed by atoms with E-state index in [-0.39, 0.29) is 18.5 Å². The molecule has 2 N–H and O–H groups in total. The van der Waals surface area contributed by atoms with Crippen LogP contribution in [0.2, 0.25) is 0 Å². The Morgan fingerprint density at radius 3 is 2.92 bits per heavy atom. The van der Waals surface area contributed by atoms with Crippen molar-refractivity contribution in [2.75, 3.05) is 31.6 Å². The first-order chi connectivity index (χ1) is 12.2. The lowest BCUT2D eigenvalue weighted by molar-refractivity contribution is 0.0372.